The van der Waals surface area contributed by atoms with Crippen molar-refractivity contribution in [2.45, 2.75) is 0 Å². The molecule has 0 spiro atoms. The van der Waals surface area contributed by atoms with Gasteiger partial charge in [0.2, 0.25) is 0 Å². The normalized spacial score (nSPS) is 20.8. The highest BCUT2D eigenvalue weighted by molar-refractivity contribution is 5.66. The predicted molar refractivity (Wildman–Crippen MR) is 66.6 cm³/mol. The number of carboxylic acids is 2. The molecule has 0 aromatic heterocycles. The minimum absolute atomic E-state index is 0.109. The fourth-order valence-electron chi connectivity index (χ4n) is 1.99. The van der Waals surface area contributed by atoms with Crippen LogP contribution in [0.1, 0.15) is 0 Å². The van der Waals surface area contributed by atoms with E-state index in [4.69, 9.17) is 4.74 Å². The Hall–Kier alpha value is -1.22. The Labute approximate surface area is 118 Å². The molecule has 0 bridgehead atoms. The van der Waals surface area contributed by atoms with Crippen LogP contribution in [0, 0.1) is 0 Å². The maximum Gasteiger partial charge on any atom is 0.0594 e. The highest BCUT2D eigenvalue weighted by atomic mass is 16.5. The Morgan fingerprint density at radius 2 is 1.35 bits per heavy atom. The van der Waals surface area contributed by atoms with Crippen LogP contribution in [-0.4, -0.2) is 87.3 Å². The third-order valence-corrected chi connectivity index (χ3v) is 3.02. The summed E-state index contributed by atoms with van der Waals surface area (Å²) in [5.41, 5.74) is 0. The molecule has 116 valence electrons. The number of aliphatic carboxylic acids is 2. The molecule has 1 aliphatic heterocycles. The number of rotatable bonds is 4. The number of carbonyl (C=O) groups excluding carboxylic acids is 2. The van der Waals surface area contributed by atoms with Crippen molar-refractivity contribution in [3.05, 3.63) is 0 Å². The average Bonchev–Trinajstić information content (AvgIpc) is 2.33. The van der Waals surface area contributed by atoms with E-state index in [2.05, 4.69) is 5.32 Å². The van der Waals surface area contributed by atoms with Crippen LogP contribution in [0.15, 0.2) is 0 Å². The van der Waals surface area contributed by atoms with Crippen molar-refractivity contribution < 1.29 is 24.5 Å². The summed E-state index contributed by atoms with van der Waals surface area (Å²) in [4.78, 5) is 24.7. The molecule has 0 saturated carbocycles. The van der Waals surface area contributed by atoms with Gasteiger partial charge in [-0.15, -0.1) is 0 Å². The van der Waals surface area contributed by atoms with E-state index in [0.29, 0.717) is 52.5 Å². The first kappa shape index (κ1) is 16.8. The highest BCUT2D eigenvalue weighted by Crippen LogP contribution is 1.92. The second-order valence-electron chi connectivity index (χ2n) is 4.66. The van der Waals surface area contributed by atoms with Crippen molar-refractivity contribution in [2.75, 3.05) is 65.6 Å². The maximum absolute atomic E-state index is 10.6. The number of carbonyl (C=O) groups is 2. The summed E-state index contributed by atoms with van der Waals surface area (Å²) in [7, 11) is 0. The first-order valence-corrected chi connectivity index (χ1v) is 6.71. The van der Waals surface area contributed by atoms with E-state index >= 15 is 0 Å². The molecule has 0 aliphatic carbocycles. The fourth-order valence-corrected chi connectivity index (χ4v) is 1.99. The van der Waals surface area contributed by atoms with Crippen LogP contribution in [0.4, 0.5) is 0 Å². The molecule has 0 atom stereocenters. The first-order chi connectivity index (χ1) is 9.58. The Morgan fingerprint density at radius 1 is 0.900 bits per heavy atom. The van der Waals surface area contributed by atoms with Gasteiger partial charge >= 0.3 is 0 Å². The molecular formula is C12H21N3O5-2. The molecule has 0 amide bonds. The molecule has 0 radical (unpaired) electrons. The summed E-state index contributed by atoms with van der Waals surface area (Å²) in [6.07, 6.45) is 0. The van der Waals surface area contributed by atoms with E-state index in [9.17, 15) is 19.8 Å². The molecule has 1 saturated heterocycles. The second kappa shape index (κ2) is 9.65. The van der Waals surface area contributed by atoms with Crippen molar-refractivity contribution >= 4 is 11.9 Å². The zero-order chi connectivity index (χ0) is 14.8. The van der Waals surface area contributed by atoms with Crippen molar-refractivity contribution in [1.29, 1.82) is 0 Å². The van der Waals surface area contributed by atoms with Gasteiger partial charge in [-0.1, -0.05) is 0 Å². The van der Waals surface area contributed by atoms with Crippen LogP contribution < -0.4 is 15.5 Å². The molecule has 1 heterocycles. The molecular weight excluding hydrogens is 266 g/mol. The minimum Gasteiger partial charge on any atom is -0.549 e. The third-order valence-electron chi connectivity index (χ3n) is 3.02. The molecule has 1 fully saturated rings. The quantitative estimate of drug-likeness (QED) is 0.553. The van der Waals surface area contributed by atoms with Gasteiger partial charge in [0.25, 0.3) is 0 Å². The first-order valence-electron chi connectivity index (χ1n) is 6.71. The highest BCUT2D eigenvalue weighted by Gasteiger charge is 2.09. The van der Waals surface area contributed by atoms with Crippen LogP contribution in [0.2, 0.25) is 0 Å². The number of hydrogen-bond acceptors (Lipinski definition) is 8. The van der Waals surface area contributed by atoms with Crippen molar-refractivity contribution in [2.24, 2.45) is 0 Å². The van der Waals surface area contributed by atoms with Crippen molar-refractivity contribution in [3.63, 3.8) is 0 Å². The molecule has 8 nitrogen and oxygen atoms in total. The molecule has 0 aromatic carbocycles. The van der Waals surface area contributed by atoms with Crippen molar-refractivity contribution in [3.8, 4) is 0 Å². The van der Waals surface area contributed by atoms with Crippen molar-refractivity contribution in [1.82, 2.24) is 15.1 Å². The third kappa shape index (κ3) is 8.05. The van der Waals surface area contributed by atoms with E-state index in [1.807, 2.05) is 0 Å². The number of nitrogens with one attached hydrogen (secondary N) is 1. The van der Waals surface area contributed by atoms with Crippen LogP contribution in [0.3, 0.4) is 0 Å². The lowest BCUT2D eigenvalue weighted by molar-refractivity contribution is -0.307. The van der Waals surface area contributed by atoms with Gasteiger partial charge < -0.3 is 29.9 Å². The summed E-state index contributed by atoms with van der Waals surface area (Å²) < 4.78 is 5.40. The van der Waals surface area contributed by atoms with Crippen LogP contribution in [-0.2, 0) is 14.3 Å². The molecule has 1 aliphatic rings. The monoisotopic (exact) mass is 287 g/mol. The summed E-state index contributed by atoms with van der Waals surface area (Å²) in [5, 5.41) is 24.4. The van der Waals surface area contributed by atoms with E-state index in [1.54, 1.807) is 9.80 Å². The van der Waals surface area contributed by atoms with Gasteiger partial charge in [0.1, 0.15) is 0 Å². The average molecular weight is 287 g/mol. The van der Waals surface area contributed by atoms with Crippen LogP contribution >= 0.6 is 0 Å². The lowest BCUT2D eigenvalue weighted by atomic mass is 10.4. The lowest BCUT2D eigenvalue weighted by Crippen LogP contribution is -2.46. The molecule has 0 unspecified atom stereocenters. The number of carboxylic acid groups (broad SMARTS) is 2. The van der Waals surface area contributed by atoms with Crippen LogP contribution in [0.25, 0.3) is 0 Å². The molecule has 1 N–H and O–H groups in total. The van der Waals surface area contributed by atoms with Gasteiger partial charge in [0, 0.05) is 52.4 Å². The van der Waals surface area contributed by atoms with Gasteiger partial charge in [-0.2, -0.15) is 0 Å². The Bertz CT molecular complexity index is 271. The van der Waals surface area contributed by atoms with Gasteiger partial charge in [-0.3, -0.25) is 9.80 Å². The van der Waals surface area contributed by atoms with Gasteiger partial charge in [0.05, 0.1) is 25.2 Å². The summed E-state index contributed by atoms with van der Waals surface area (Å²) >= 11 is 0. The van der Waals surface area contributed by atoms with E-state index in [0.717, 1.165) is 0 Å². The smallest absolute Gasteiger partial charge is 0.0594 e. The summed E-state index contributed by atoms with van der Waals surface area (Å²) in [5.74, 6) is -2.20. The molecule has 0 aromatic rings. The predicted octanol–water partition coefficient (Wildman–Crippen LogP) is -4.29. The number of hydrogen-bond donors (Lipinski definition) is 1. The molecule has 1 rings (SSSR count). The fraction of sp³-hybridized carbons (Fsp3) is 0.833. The molecule has 8 heteroatoms. The standard InChI is InChI=1S/C12H23N3O5/c16-11(17)9-14-3-1-13-2-4-15(10-12(18)19)6-8-20-7-5-14/h13H,1-10H2,(H,16,17)(H,18,19)/p-2. The SMILES string of the molecule is O=C([O-])CN1CCNCCN(CC(=O)[O-])CCOCC1. The molecule has 20 heavy (non-hydrogen) atoms. The van der Waals surface area contributed by atoms with Crippen LogP contribution in [0.5, 0.6) is 0 Å². The Balaban J connectivity index is 2.37. The largest absolute Gasteiger partial charge is 0.549 e. The van der Waals surface area contributed by atoms with E-state index in [-0.39, 0.29) is 13.1 Å². The number of ether oxygens (including phenoxy) is 1. The summed E-state index contributed by atoms with van der Waals surface area (Å²) in [6.45, 7) is 4.05. The van der Waals surface area contributed by atoms with Gasteiger partial charge in [-0.05, 0) is 0 Å². The minimum atomic E-state index is -1.10. The maximum atomic E-state index is 10.6. The van der Waals surface area contributed by atoms with Gasteiger partial charge in [0.15, 0.2) is 0 Å². The second-order valence-corrected chi connectivity index (χ2v) is 4.66. The number of nitrogens with zero attached hydrogens (tertiary/aromatic N) is 2. The van der Waals surface area contributed by atoms with Gasteiger partial charge in [-0.25, -0.2) is 0 Å². The van der Waals surface area contributed by atoms with E-state index in [1.165, 1.54) is 0 Å². The topological polar surface area (TPSA) is 108 Å². The zero-order valence-corrected chi connectivity index (χ0v) is 11.5. The summed E-state index contributed by atoms with van der Waals surface area (Å²) in [6, 6.07) is 0. The lowest BCUT2D eigenvalue weighted by Gasteiger charge is -2.26. The zero-order valence-electron chi connectivity index (χ0n) is 11.5. The van der Waals surface area contributed by atoms with E-state index < -0.39 is 11.9 Å². The Kier molecular flexibility index (Phi) is 8.12. The Morgan fingerprint density at radius 3 is 1.75 bits per heavy atom.